The molecule has 0 aromatic rings. The van der Waals surface area contributed by atoms with Gasteiger partial charge >= 0.3 is 0 Å². The van der Waals surface area contributed by atoms with Crippen LogP contribution in [0.5, 0.6) is 0 Å². The molecule has 2 saturated heterocycles. The first-order valence-electron chi connectivity index (χ1n) is 3.91. The zero-order valence-corrected chi connectivity index (χ0v) is 5.69. The fourth-order valence-corrected chi connectivity index (χ4v) is 1.76. The molecule has 52 valence electrons. The van der Waals surface area contributed by atoms with Gasteiger partial charge < -0.3 is 10.6 Å². The Morgan fingerprint density at radius 3 is 2.78 bits per heavy atom. The molecule has 2 aliphatic rings. The largest absolute Gasteiger partial charge is 0.317 e. The van der Waals surface area contributed by atoms with E-state index in [1.54, 1.807) is 0 Å². The van der Waals surface area contributed by atoms with Crippen LogP contribution in [0.2, 0.25) is 0 Å². The molecule has 0 aliphatic carbocycles. The highest BCUT2D eigenvalue weighted by atomic mass is 15.0. The number of fused-ring (bicyclic) bond motifs is 1. The molecule has 9 heavy (non-hydrogen) atoms. The summed E-state index contributed by atoms with van der Waals surface area (Å²) in [5.74, 6) is 1.000. The highest BCUT2D eigenvalue weighted by Gasteiger charge is 2.30. The minimum Gasteiger partial charge on any atom is -0.317 e. The number of hydrogen-bond donors (Lipinski definition) is 2. The molecule has 0 amide bonds. The van der Waals surface area contributed by atoms with E-state index >= 15 is 0 Å². The fraction of sp³-hybridized carbons (Fsp3) is 1.00. The number of hydrogen-bond acceptors (Lipinski definition) is 2. The molecule has 0 bridgehead atoms. The van der Waals surface area contributed by atoms with E-state index < -0.39 is 0 Å². The number of rotatable bonds is 0. The predicted molar refractivity (Wildman–Crippen MR) is 37.4 cm³/mol. The Morgan fingerprint density at radius 2 is 2.00 bits per heavy atom. The summed E-state index contributed by atoms with van der Waals surface area (Å²) in [6, 6.07) is 0.861. The van der Waals surface area contributed by atoms with Crippen molar-refractivity contribution in [2.45, 2.75) is 18.9 Å². The maximum Gasteiger partial charge on any atom is 0.0120 e. The highest BCUT2D eigenvalue weighted by Crippen LogP contribution is 2.20. The second-order valence-electron chi connectivity index (χ2n) is 3.10. The van der Waals surface area contributed by atoms with Crippen LogP contribution < -0.4 is 10.6 Å². The van der Waals surface area contributed by atoms with Gasteiger partial charge in [0, 0.05) is 6.04 Å². The lowest BCUT2D eigenvalue weighted by atomic mass is 9.88. The van der Waals surface area contributed by atoms with Crippen molar-refractivity contribution in [1.82, 2.24) is 10.6 Å². The minimum absolute atomic E-state index is 0.861. The quantitative estimate of drug-likeness (QED) is 0.476. The third-order valence-corrected chi connectivity index (χ3v) is 2.54. The van der Waals surface area contributed by atoms with Crippen molar-refractivity contribution in [3.8, 4) is 0 Å². The van der Waals surface area contributed by atoms with Gasteiger partial charge in [0.1, 0.15) is 0 Å². The maximum absolute atomic E-state index is 3.45. The van der Waals surface area contributed by atoms with Crippen molar-refractivity contribution < 1.29 is 0 Å². The second-order valence-corrected chi connectivity index (χ2v) is 3.10. The van der Waals surface area contributed by atoms with E-state index in [2.05, 4.69) is 10.6 Å². The first-order valence-corrected chi connectivity index (χ1v) is 3.91. The molecular formula is C7H14N2. The SMILES string of the molecule is C1CC2CNC2CCN1. The summed E-state index contributed by atoms with van der Waals surface area (Å²) < 4.78 is 0. The van der Waals surface area contributed by atoms with Gasteiger partial charge in [0.15, 0.2) is 0 Å². The molecule has 2 heteroatoms. The summed E-state index contributed by atoms with van der Waals surface area (Å²) in [4.78, 5) is 0. The minimum atomic E-state index is 0.861. The van der Waals surface area contributed by atoms with Crippen molar-refractivity contribution in [3.63, 3.8) is 0 Å². The van der Waals surface area contributed by atoms with E-state index in [0.717, 1.165) is 12.0 Å². The van der Waals surface area contributed by atoms with E-state index in [1.807, 2.05) is 0 Å². The Kier molecular flexibility index (Phi) is 1.44. The van der Waals surface area contributed by atoms with Crippen molar-refractivity contribution in [2.75, 3.05) is 19.6 Å². The zero-order valence-electron chi connectivity index (χ0n) is 5.69. The standard InChI is InChI=1S/C7H14N2/c1-3-8-4-2-7-6(1)5-9-7/h6-9H,1-5H2. The van der Waals surface area contributed by atoms with Crippen molar-refractivity contribution in [2.24, 2.45) is 5.92 Å². The summed E-state index contributed by atoms with van der Waals surface area (Å²) in [6.45, 7) is 3.73. The Bertz CT molecular complexity index is 91.1. The van der Waals surface area contributed by atoms with Gasteiger partial charge in [-0.3, -0.25) is 0 Å². The van der Waals surface area contributed by atoms with Crippen molar-refractivity contribution >= 4 is 0 Å². The molecule has 2 nitrogen and oxygen atoms in total. The normalized spacial score (nSPS) is 42.7. The van der Waals surface area contributed by atoms with Crippen LogP contribution in [0.4, 0.5) is 0 Å². The molecule has 0 radical (unpaired) electrons. The van der Waals surface area contributed by atoms with Crippen LogP contribution in [-0.2, 0) is 0 Å². The highest BCUT2D eigenvalue weighted by molar-refractivity contribution is 4.90. The lowest BCUT2D eigenvalue weighted by Gasteiger charge is -2.36. The van der Waals surface area contributed by atoms with Gasteiger partial charge in [-0.05, 0) is 38.4 Å². The zero-order chi connectivity index (χ0) is 6.10. The molecular weight excluding hydrogens is 112 g/mol. The van der Waals surface area contributed by atoms with Crippen LogP contribution in [0.1, 0.15) is 12.8 Å². The third-order valence-electron chi connectivity index (χ3n) is 2.54. The first kappa shape index (κ1) is 5.69. The average Bonchev–Trinajstić information content (AvgIpc) is 1.94. The van der Waals surface area contributed by atoms with Crippen LogP contribution in [0.3, 0.4) is 0 Å². The van der Waals surface area contributed by atoms with Crippen LogP contribution in [-0.4, -0.2) is 25.7 Å². The van der Waals surface area contributed by atoms with Crippen LogP contribution in [0, 0.1) is 5.92 Å². The van der Waals surface area contributed by atoms with Crippen molar-refractivity contribution in [3.05, 3.63) is 0 Å². The average molecular weight is 126 g/mol. The fourth-order valence-electron chi connectivity index (χ4n) is 1.76. The maximum atomic E-state index is 3.45. The van der Waals surface area contributed by atoms with Gasteiger partial charge in [-0.15, -0.1) is 0 Å². The molecule has 0 spiro atoms. The molecule has 2 N–H and O–H groups in total. The summed E-state index contributed by atoms with van der Waals surface area (Å²) >= 11 is 0. The molecule has 2 aliphatic heterocycles. The lowest BCUT2D eigenvalue weighted by Crippen LogP contribution is -2.52. The van der Waals surface area contributed by atoms with Crippen LogP contribution in [0.15, 0.2) is 0 Å². The Morgan fingerprint density at radius 1 is 1.11 bits per heavy atom. The molecule has 0 aromatic carbocycles. The summed E-state index contributed by atoms with van der Waals surface area (Å²) in [6.07, 6.45) is 2.72. The third kappa shape index (κ3) is 0.970. The molecule has 2 atom stereocenters. The molecule has 2 fully saturated rings. The van der Waals surface area contributed by atoms with Crippen LogP contribution in [0.25, 0.3) is 0 Å². The molecule has 2 rings (SSSR count). The van der Waals surface area contributed by atoms with E-state index in [1.165, 1.54) is 32.5 Å². The first-order chi connectivity index (χ1) is 4.47. The smallest absolute Gasteiger partial charge is 0.0120 e. The Labute approximate surface area is 56.0 Å². The van der Waals surface area contributed by atoms with Gasteiger partial charge in [-0.1, -0.05) is 0 Å². The molecule has 2 unspecified atom stereocenters. The number of nitrogens with one attached hydrogen (secondary N) is 2. The lowest BCUT2D eigenvalue weighted by molar-refractivity contribution is 0.225. The van der Waals surface area contributed by atoms with E-state index in [-0.39, 0.29) is 0 Å². The van der Waals surface area contributed by atoms with E-state index in [4.69, 9.17) is 0 Å². The molecule has 0 saturated carbocycles. The van der Waals surface area contributed by atoms with Gasteiger partial charge in [0.05, 0.1) is 0 Å². The summed E-state index contributed by atoms with van der Waals surface area (Å²) in [5, 5.41) is 6.86. The van der Waals surface area contributed by atoms with Crippen molar-refractivity contribution in [1.29, 1.82) is 0 Å². The van der Waals surface area contributed by atoms with Gasteiger partial charge in [-0.25, -0.2) is 0 Å². The second kappa shape index (κ2) is 2.27. The Balaban J connectivity index is 1.90. The topological polar surface area (TPSA) is 24.1 Å². The summed E-state index contributed by atoms with van der Waals surface area (Å²) in [7, 11) is 0. The van der Waals surface area contributed by atoms with E-state index in [0.29, 0.717) is 0 Å². The van der Waals surface area contributed by atoms with Crippen LogP contribution >= 0.6 is 0 Å². The van der Waals surface area contributed by atoms with E-state index in [9.17, 15) is 0 Å². The monoisotopic (exact) mass is 126 g/mol. The Hall–Kier alpha value is -0.0800. The predicted octanol–water partition coefficient (Wildman–Crippen LogP) is -0.0422. The molecule has 0 aromatic heterocycles. The van der Waals surface area contributed by atoms with Gasteiger partial charge in [0.2, 0.25) is 0 Å². The molecule has 2 heterocycles. The summed E-state index contributed by atoms with van der Waals surface area (Å²) in [5.41, 5.74) is 0. The van der Waals surface area contributed by atoms with Gasteiger partial charge in [0.25, 0.3) is 0 Å². The van der Waals surface area contributed by atoms with Gasteiger partial charge in [-0.2, -0.15) is 0 Å².